The number of halogens is 4. The molecule has 0 atom stereocenters. The zero-order valence-corrected chi connectivity index (χ0v) is 21.2. The third kappa shape index (κ3) is 6.41. The number of carbonyl (C=O) groups excluding carboxylic acids is 1. The van der Waals surface area contributed by atoms with Gasteiger partial charge in [-0.2, -0.15) is 0 Å². The van der Waals surface area contributed by atoms with E-state index >= 15 is 0 Å². The Kier molecular flexibility index (Phi) is 7.69. The van der Waals surface area contributed by atoms with Crippen LogP contribution in [-0.2, 0) is 9.47 Å². The Balaban J connectivity index is 1.78. The lowest BCUT2D eigenvalue weighted by Gasteiger charge is -2.37. The van der Waals surface area contributed by atoms with Gasteiger partial charge in [0.15, 0.2) is 10.8 Å². The molecule has 1 saturated heterocycles. The number of rotatable bonds is 5. The first-order valence-electron chi connectivity index (χ1n) is 11.8. The van der Waals surface area contributed by atoms with Gasteiger partial charge in [0.05, 0.1) is 13.2 Å². The maximum atomic E-state index is 13.9. The maximum Gasteiger partial charge on any atom is 0.416 e. The lowest BCUT2D eigenvalue weighted by atomic mass is 9.91. The number of thiazole rings is 1. The minimum atomic E-state index is -2.79. The Morgan fingerprint density at radius 1 is 1.19 bits per heavy atom. The molecule has 1 amide bonds. The maximum absolute atomic E-state index is 13.9. The van der Waals surface area contributed by atoms with E-state index in [2.05, 4.69) is 15.0 Å². The van der Waals surface area contributed by atoms with Gasteiger partial charge in [-0.3, -0.25) is 4.90 Å². The number of ether oxygens (including phenoxy) is 2. The van der Waals surface area contributed by atoms with Crippen LogP contribution >= 0.6 is 11.3 Å². The Bertz CT molecular complexity index is 1060. The van der Waals surface area contributed by atoms with Crippen molar-refractivity contribution in [2.45, 2.75) is 70.4 Å². The van der Waals surface area contributed by atoms with E-state index in [1.54, 1.807) is 26.8 Å². The molecule has 4 rings (SSSR count). The second-order valence-corrected chi connectivity index (χ2v) is 10.7. The van der Waals surface area contributed by atoms with Crippen LogP contribution in [0, 0.1) is 0 Å². The highest BCUT2D eigenvalue weighted by atomic mass is 32.1. The molecule has 8 nitrogen and oxygen atoms in total. The van der Waals surface area contributed by atoms with Crippen LogP contribution in [0.25, 0.3) is 10.8 Å². The summed E-state index contributed by atoms with van der Waals surface area (Å²) in [6, 6.07) is 1.03. The highest BCUT2D eigenvalue weighted by Crippen LogP contribution is 2.38. The monoisotopic (exact) mass is 531 g/mol. The molecule has 0 N–H and O–H groups in total. The van der Waals surface area contributed by atoms with Gasteiger partial charge in [0, 0.05) is 43.4 Å². The largest absolute Gasteiger partial charge is 0.443 e. The van der Waals surface area contributed by atoms with Crippen LogP contribution in [-0.4, -0.2) is 64.9 Å². The molecule has 2 aliphatic rings. The summed E-state index contributed by atoms with van der Waals surface area (Å²) in [5.41, 5.74) is -1.23. The van der Waals surface area contributed by atoms with Crippen molar-refractivity contribution in [1.29, 1.82) is 0 Å². The predicted octanol–water partition coefficient (Wildman–Crippen LogP) is 5.69. The van der Waals surface area contributed by atoms with Crippen molar-refractivity contribution in [2.75, 3.05) is 36.1 Å². The van der Waals surface area contributed by atoms with E-state index < -0.39 is 35.8 Å². The summed E-state index contributed by atoms with van der Waals surface area (Å²) in [7, 11) is 0. The highest BCUT2D eigenvalue weighted by Gasteiger charge is 2.40. The van der Waals surface area contributed by atoms with Crippen molar-refractivity contribution in [1.82, 2.24) is 15.0 Å². The van der Waals surface area contributed by atoms with Gasteiger partial charge < -0.3 is 14.4 Å². The molecule has 1 saturated carbocycles. The standard InChI is InChI=1S/C23H29F4N5O3S/c1-22(2,3)35-21(33)32(14-4-6-23(26,27)7-5-14)17-12-16(31-8-10-34-11-9-31)29-19(30-17)20-28-15(13-36-20)18(24)25/h12-14,18H,4-11H2,1-3H3. The van der Waals surface area contributed by atoms with Gasteiger partial charge in [-0.1, -0.05) is 0 Å². The molecule has 0 spiro atoms. The number of amides is 1. The molecule has 198 valence electrons. The predicted molar refractivity (Wildman–Crippen MR) is 127 cm³/mol. The van der Waals surface area contributed by atoms with Crippen molar-refractivity contribution >= 4 is 29.1 Å². The van der Waals surface area contributed by atoms with Crippen LogP contribution in [0.15, 0.2) is 11.4 Å². The third-order valence-electron chi connectivity index (χ3n) is 5.86. The quantitative estimate of drug-likeness (QED) is 0.458. The molecular weight excluding hydrogens is 502 g/mol. The second-order valence-electron chi connectivity index (χ2n) is 9.82. The molecule has 1 aliphatic carbocycles. The first-order valence-corrected chi connectivity index (χ1v) is 12.7. The zero-order chi connectivity index (χ0) is 26.1. The summed E-state index contributed by atoms with van der Waals surface area (Å²) < 4.78 is 65.3. The lowest BCUT2D eigenvalue weighted by molar-refractivity contribution is -0.0388. The number of aromatic nitrogens is 3. The molecule has 3 heterocycles. The van der Waals surface area contributed by atoms with Crippen molar-refractivity contribution in [3.8, 4) is 10.8 Å². The molecular formula is C23H29F4N5O3S. The first-order chi connectivity index (χ1) is 16.9. The van der Waals surface area contributed by atoms with Gasteiger partial charge in [0.1, 0.15) is 22.9 Å². The Morgan fingerprint density at radius 3 is 2.44 bits per heavy atom. The molecule has 1 aliphatic heterocycles. The van der Waals surface area contributed by atoms with Crippen LogP contribution in [0.3, 0.4) is 0 Å². The van der Waals surface area contributed by atoms with E-state index in [9.17, 15) is 22.4 Å². The van der Waals surface area contributed by atoms with E-state index in [4.69, 9.17) is 9.47 Å². The van der Waals surface area contributed by atoms with Crippen LogP contribution in [0.1, 0.15) is 58.6 Å². The summed E-state index contributed by atoms with van der Waals surface area (Å²) in [5.74, 6) is -2.11. The van der Waals surface area contributed by atoms with Crippen LogP contribution in [0.2, 0.25) is 0 Å². The Hall–Kier alpha value is -2.54. The van der Waals surface area contributed by atoms with Crippen LogP contribution < -0.4 is 9.80 Å². The molecule has 0 aromatic carbocycles. The number of carbonyl (C=O) groups is 1. The van der Waals surface area contributed by atoms with Crippen molar-refractivity contribution in [3.63, 3.8) is 0 Å². The van der Waals surface area contributed by atoms with Gasteiger partial charge in [-0.05, 0) is 33.6 Å². The smallest absolute Gasteiger partial charge is 0.416 e. The summed E-state index contributed by atoms with van der Waals surface area (Å²) in [6.45, 7) is 7.12. The number of hydrogen-bond donors (Lipinski definition) is 0. The first kappa shape index (κ1) is 26.5. The van der Waals surface area contributed by atoms with E-state index in [1.165, 1.54) is 10.3 Å². The minimum Gasteiger partial charge on any atom is -0.443 e. The van der Waals surface area contributed by atoms with Gasteiger partial charge in [-0.25, -0.2) is 37.3 Å². The Morgan fingerprint density at radius 2 is 1.86 bits per heavy atom. The average molecular weight is 532 g/mol. The van der Waals surface area contributed by atoms with E-state index in [1.807, 2.05) is 4.90 Å². The molecule has 0 unspecified atom stereocenters. The van der Waals surface area contributed by atoms with E-state index in [0.29, 0.717) is 32.1 Å². The average Bonchev–Trinajstić information content (AvgIpc) is 3.30. The van der Waals surface area contributed by atoms with Gasteiger partial charge >= 0.3 is 6.09 Å². The molecule has 0 bridgehead atoms. The fraction of sp³-hybridized carbons (Fsp3) is 0.652. The molecule has 36 heavy (non-hydrogen) atoms. The van der Waals surface area contributed by atoms with Gasteiger partial charge in [0.25, 0.3) is 6.43 Å². The summed E-state index contributed by atoms with van der Waals surface area (Å²) in [6.07, 6.45) is -4.08. The topological polar surface area (TPSA) is 80.7 Å². The fourth-order valence-electron chi connectivity index (χ4n) is 4.11. The van der Waals surface area contributed by atoms with Crippen molar-refractivity contribution in [3.05, 3.63) is 17.1 Å². The van der Waals surface area contributed by atoms with Crippen molar-refractivity contribution < 1.29 is 31.8 Å². The molecule has 2 fully saturated rings. The Labute approximate surface area is 210 Å². The summed E-state index contributed by atoms with van der Waals surface area (Å²) >= 11 is 0.967. The second kappa shape index (κ2) is 10.4. The fourth-order valence-corrected chi connectivity index (χ4v) is 4.85. The minimum absolute atomic E-state index is 0.0608. The number of morpholine rings is 1. The van der Waals surface area contributed by atoms with Gasteiger partial charge in [-0.15, -0.1) is 11.3 Å². The van der Waals surface area contributed by atoms with Gasteiger partial charge in [0.2, 0.25) is 5.92 Å². The van der Waals surface area contributed by atoms with E-state index in [-0.39, 0.29) is 42.3 Å². The van der Waals surface area contributed by atoms with E-state index in [0.717, 1.165) is 11.3 Å². The molecule has 0 radical (unpaired) electrons. The summed E-state index contributed by atoms with van der Waals surface area (Å²) in [4.78, 5) is 29.6. The van der Waals surface area contributed by atoms with Crippen molar-refractivity contribution in [2.24, 2.45) is 0 Å². The van der Waals surface area contributed by atoms with Crippen LogP contribution in [0.4, 0.5) is 34.0 Å². The zero-order valence-electron chi connectivity index (χ0n) is 20.3. The third-order valence-corrected chi connectivity index (χ3v) is 6.72. The molecule has 13 heteroatoms. The highest BCUT2D eigenvalue weighted by molar-refractivity contribution is 7.13. The molecule has 2 aromatic heterocycles. The SMILES string of the molecule is CC(C)(C)OC(=O)N(c1cc(N2CCOCC2)nc(-c2nc(C(F)F)cs2)n1)C1CCC(F)(F)CC1. The number of hydrogen-bond acceptors (Lipinski definition) is 8. The number of anilines is 2. The summed E-state index contributed by atoms with van der Waals surface area (Å²) in [5, 5.41) is 1.40. The lowest BCUT2D eigenvalue weighted by Crippen LogP contribution is -2.47. The molecule has 2 aromatic rings. The number of nitrogens with zero attached hydrogens (tertiary/aromatic N) is 5. The van der Waals surface area contributed by atoms with Crippen LogP contribution in [0.5, 0.6) is 0 Å². The normalized spacial score (nSPS) is 18.9. The number of alkyl halides is 4.